The summed E-state index contributed by atoms with van der Waals surface area (Å²) in [5.41, 5.74) is 0.475. The SMILES string of the molecule is CCCS(=O)(=O)NC(C)C(O)c1ccc(F)cc1. The third-order valence-corrected chi connectivity index (χ3v) is 4.20. The van der Waals surface area contributed by atoms with Crippen molar-refractivity contribution in [2.75, 3.05) is 5.75 Å². The van der Waals surface area contributed by atoms with Crippen molar-refractivity contribution >= 4 is 10.0 Å². The first-order valence-electron chi connectivity index (χ1n) is 5.79. The van der Waals surface area contributed by atoms with Crippen LogP contribution in [0.4, 0.5) is 4.39 Å². The second-order valence-corrected chi connectivity index (χ2v) is 6.10. The Morgan fingerprint density at radius 3 is 2.39 bits per heavy atom. The highest BCUT2D eigenvalue weighted by molar-refractivity contribution is 7.89. The Labute approximate surface area is 107 Å². The molecule has 1 aromatic rings. The zero-order valence-corrected chi connectivity index (χ0v) is 11.2. The molecule has 1 rings (SSSR count). The topological polar surface area (TPSA) is 66.4 Å². The maximum atomic E-state index is 12.7. The van der Waals surface area contributed by atoms with Gasteiger partial charge in [0.2, 0.25) is 10.0 Å². The molecule has 0 aliphatic heterocycles. The molecule has 0 aliphatic rings. The molecular formula is C12H18FNO3S. The lowest BCUT2D eigenvalue weighted by Gasteiger charge is -2.20. The van der Waals surface area contributed by atoms with Crippen molar-refractivity contribution in [1.82, 2.24) is 4.72 Å². The Hall–Kier alpha value is -0.980. The molecule has 2 atom stereocenters. The van der Waals surface area contributed by atoms with E-state index in [9.17, 15) is 17.9 Å². The Morgan fingerprint density at radius 1 is 1.33 bits per heavy atom. The average molecular weight is 275 g/mol. The minimum atomic E-state index is -3.38. The van der Waals surface area contributed by atoms with Gasteiger partial charge in [0.1, 0.15) is 5.82 Å². The first kappa shape index (κ1) is 15.1. The van der Waals surface area contributed by atoms with E-state index in [0.717, 1.165) is 0 Å². The summed E-state index contributed by atoms with van der Waals surface area (Å²) < 4.78 is 38.2. The zero-order valence-electron chi connectivity index (χ0n) is 10.4. The molecule has 0 radical (unpaired) electrons. The highest BCUT2D eigenvalue weighted by atomic mass is 32.2. The van der Waals surface area contributed by atoms with Crippen LogP contribution in [0.1, 0.15) is 31.9 Å². The van der Waals surface area contributed by atoms with Gasteiger partial charge in [0, 0.05) is 6.04 Å². The van der Waals surface area contributed by atoms with Gasteiger partial charge in [-0.3, -0.25) is 0 Å². The molecule has 2 unspecified atom stereocenters. The van der Waals surface area contributed by atoms with Crippen LogP contribution >= 0.6 is 0 Å². The van der Waals surface area contributed by atoms with E-state index in [1.165, 1.54) is 24.3 Å². The third-order valence-electron chi connectivity index (χ3n) is 2.52. The van der Waals surface area contributed by atoms with Crippen molar-refractivity contribution in [3.63, 3.8) is 0 Å². The number of benzene rings is 1. The molecule has 0 heterocycles. The fourth-order valence-corrected chi connectivity index (χ4v) is 2.97. The minimum Gasteiger partial charge on any atom is -0.387 e. The fraction of sp³-hybridized carbons (Fsp3) is 0.500. The minimum absolute atomic E-state index is 0.0213. The standard InChI is InChI=1S/C12H18FNO3S/c1-3-8-18(16,17)14-9(2)12(15)10-4-6-11(13)7-5-10/h4-7,9,12,14-15H,3,8H2,1-2H3. The molecule has 4 nitrogen and oxygen atoms in total. The highest BCUT2D eigenvalue weighted by Gasteiger charge is 2.21. The lowest BCUT2D eigenvalue weighted by molar-refractivity contribution is 0.146. The molecule has 0 aliphatic carbocycles. The Balaban J connectivity index is 2.72. The van der Waals surface area contributed by atoms with E-state index in [1.807, 2.05) is 0 Å². The third kappa shape index (κ3) is 4.36. The van der Waals surface area contributed by atoms with Gasteiger partial charge < -0.3 is 5.11 Å². The molecular weight excluding hydrogens is 257 g/mol. The molecule has 0 saturated heterocycles. The van der Waals surface area contributed by atoms with Crippen LogP contribution in [0, 0.1) is 5.82 Å². The Morgan fingerprint density at radius 2 is 1.89 bits per heavy atom. The summed E-state index contributed by atoms with van der Waals surface area (Å²) in [6, 6.07) is 4.67. The predicted octanol–water partition coefficient (Wildman–Crippen LogP) is 1.58. The molecule has 1 aromatic carbocycles. The molecule has 6 heteroatoms. The van der Waals surface area contributed by atoms with Crippen LogP contribution < -0.4 is 4.72 Å². The highest BCUT2D eigenvalue weighted by Crippen LogP contribution is 2.17. The zero-order chi connectivity index (χ0) is 13.8. The van der Waals surface area contributed by atoms with Crippen molar-refractivity contribution in [2.45, 2.75) is 32.4 Å². The van der Waals surface area contributed by atoms with Gasteiger partial charge in [-0.05, 0) is 31.0 Å². The summed E-state index contributed by atoms with van der Waals surface area (Å²) >= 11 is 0. The monoisotopic (exact) mass is 275 g/mol. The fourth-order valence-electron chi connectivity index (χ4n) is 1.62. The van der Waals surface area contributed by atoms with Gasteiger partial charge in [0.15, 0.2) is 0 Å². The molecule has 0 fully saturated rings. The number of nitrogens with one attached hydrogen (secondary N) is 1. The van der Waals surface area contributed by atoms with Crippen molar-refractivity contribution in [3.05, 3.63) is 35.6 Å². The van der Waals surface area contributed by atoms with Gasteiger partial charge in [-0.15, -0.1) is 0 Å². The number of rotatable bonds is 6. The number of aliphatic hydroxyl groups is 1. The van der Waals surface area contributed by atoms with Crippen LogP contribution in [0.5, 0.6) is 0 Å². The molecule has 0 spiro atoms. The van der Waals surface area contributed by atoms with Gasteiger partial charge >= 0.3 is 0 Å². The van der Waals surface area contributed by atoms with E-state index in [4.69, 9.17) is 0 Å². The van der Waals surface area contributed by atoms with Crippen LogP contribution in [0.15, 0.2) is 24.3 Å². The number of sulfonamides is 1. The summed E-state index contributed by atoms with van der Waals surface area (Å²) in [5, 5.41) is 9.96. The number of aliphatic hydroxyl groups excluding tert-OH is 1. The summed E-state index contributed by atoms with van der Waals surface area (Å²) in [5.74, 6) is -0.377. The number of halogens is 1. The number of hydrogen-bond donors (Lipinski definition) is 2. The number of hydrogen-bond acceptors (Lipinski definition) is 3. The van der Waals surface area contributed by atoms with Gasteiger partial charge in [-0.25, -0.2) is 17.5 Å². The van der Waals surface area contributed by atoms with E-state index in [1.54, 1.807) is 13.8 Å². The van der Waals surface area contributed by atoms with Crippen LogP contribution in [0.25, 0.3) is 0 Å². The van der Waals surface area contributed by atoms with E-state index in [2.05, 4.69) is 4.72 Å². The molecule has 0 aromatic heterocycles. The van der Waals surface area contributed by atoms with Gasteiger partial charge in [-0.1, -0.05) is 19.1 Å². The molecule has 0 amide bonds. The second kappa shape index (κ2) is 6.26. The smallest absolute Gasteiger partial charge is 0.211 e. The second-order valence-electron chi connectivity index (χ2n) is 4.22. The quantitative estimate of drug-likeness (QED) is 0.828. The van der Waals surface area contributed by atoms with Crippen molar-refractivity contribution in [3.8, 4) is 0 Å². The maximum absolute atomic E-state index is 12.7. The van der Waals surface area contributed by atoms with Gasteiger partial charge in [0.25, 0.3) is 0 Å². The van der Waals surface area contributed by atoms with Crippen molar-refractivity contribution in [2.24, 2.45) is 0 Å². The summed E-state index contributed by atoms with van der Waals surface area (Å²) in [7, 11) is -3.38. The van der Waals surface area contributed by atoms with Crippen LogP contribution in [-0.4, -0.2) is 25.3 Å². The molecule has 0 saturated carbocycles. The van der Waals surface area contributed by atoms with Crippen molar-refractivity contribution < 1.29 is 17.9 Å². The molecule has 18 heavy (non-hydrogen) atoms. The van der Waals surface area contributed by atoms with Crippen LogP contribution in [0.3, 0.4) is 0 Å². The summed E-state index contributed by atoms with van der Waals surface area (Å²) in [6.07, 6.45) is -0.494. The lowest BCUT2D eigenvalue weighted by atomic mass is 10.0. The normalized spacial score (nSPS) is 15.3. The first-order chi connectivity index (χ1) is 8.35. The lowest BCUT2D eigenvalue weighted by Crippen LogP contribution is -2.38. The summed E-state index contributed by atoms with van der Waals surface area (Å²) in [4.78, 5) is 0. The first-order valence-corrected chi connectivity index (χ1v) is 7.44. The Bertz CT molecular complexity index is 473. The van der Waals surface area contributed by atoms with Crippen molar-refractivity contribution in [1.29, 1.82) is 0 Å². The van der Waals surface area contributed by atoms with Gasteiger partial charge in [-0.2, -0.15) is 0 Å². The van der Waals surface area contributed by atoms with E-state index < -0.39 is 28.0 Å². The van der Waals surface area contributed by atoms with Crippen LogP contribution in [0.2, 0.25) is 0 Å². The molecule has 0 bridgehead atoms. The largest absolute Gasteiger partial charge is 0.387 e. The molecule has 102 valence electrons. The maximum Gasteiger partial charge on any atom is 0.211 e. The van der Waals surface area contributed by atoms with E-state index in [0.29, 0.717) is 12.0 Å². The average Bonchev–Trinajstić information content (AvgIpc) is 2.28. The molecule has 2 N–H and O–H groups in total. The summed E-state index contributed by atoms with van der Waals surface area (Å²) in [6.45, 7) is 3.33. The van der Waals surface area contributed by atoms with Gasteiger partial charge in [0.05, 0.1) is 11.9 Å². The predicted molar refractivity (Wildman–Crippen MR) is 68.0 cm³/mol. The van der Waals surface area contributed by atoms with Crippen LogP contribution in [-0.2, 0) is 10.0 Å². The Kier molecular flexibility index (Phi) is 5.25. The van der Waals surface area contributed by atoms with E-state index >= 15 is 0 Å². The van der Waals surface area contributed by atoms with E-state index in [-0.39, 0.29) is 5.75 Å².